The number of nitriles is 1. The van der Waals surface area contributed by atoms with Gasteiger partial charge in [0.1, 0.15) is 17.4 Å². The van der Waals surface area contributed by atoms with Crippen molar-refractivity contribution in [3.63, 3.8) is 0 Å². The smallest absolute Gasteiger partial charge is 0.282 e. The molecular weight excluding hydrogens is 253 g/mol. The molecule has 0 fully saturated rings. The van der Waals surface area contributed by atoms with Gasteiger partial charge in [0.05, 0.1) is 11.0 Å². The fourth-order valence-electron chi connectivity index (χ4n) is 1.42. The Balaban J connectivity index is 3.09. The molecule has 0 aliphatic carbocycles. The summed E-state index contributed by atoms with van der Waals surface area (Å²) in [6, 6.07) is 3.67. The molecule has 1 N–H and O–H groups in total. The number of benzene rings is 1. The van der Waals surface area contributed by atoms with Gasteiger partial charge < -0.3 is 5.32 Å². The van der Waals surface area contributed by atoms with Crippen LogP contribution in [0.1, 0.15) is 24.2 Å². The van der Waals surface area contributed by atoms with Gasteiger partial charge in [0.25, 0.3) is 11.6 Å². The molecule has 0 saturated carbocycles. The van der Waals surface area contributed by atoms with E-state index in [4.69, 9.17) is 5.26 Å². The lowest BCUT2D eigenvalue weighted by Crippen LogP contribution is -2.37. The van der Waals surface area contributed by atoms with Gasteiger partial charge in [-0.05, 0) is 18.1 Å². The van der Waals surface area contributed by atoms with Crippen molar-refractivity contribution in [3.05, 3.63) is 39.7 Å². The fraction of sp³-hybridized carbons (Fsp3) is 0.333. The second-order valence-corrected chi connectivity index (χ2v) is 4.24. The van der Waals surface area contributed by atoms with Crippen molar-refractivity contribution in [1.82, 2.24) is 5.32 Å². The van der Waals surface area contributed by atoms with Crippen LogP contribution in [0.3, 0.4) is 0 Å². The average molecular weight is 265 g/mol. The summed E-state index contributed by atoms with van der Waals surface area (Å²) >= 11 is 0. The van der Waals surface area contributed by atoms with E-state index in [0.717, 1.165) is 18.2 Å². The number of rotatable bonds is 4. The molecule has 7 heteroatoms. The number of halogens is 1. The number of hydrogen-bond acceptors (Lipinski definition) is 4. The van der Waals surface area contributed by atoms with Gasteiger partial charge in [0.15, 0.2) is 0 Å². The van der Waals surface area contributed by atoms with Gasteiger partial charge in [-0.1, -0.05) is 13.8 Å². The van der Waals surface area contributed by atoms with Crippen molar-refractivity contribution >= 4 is 11.6 Å². The highest BCUT2D eigenvalue weighted by Crippen LogP contribution is 2.19. The Morgan fingerprint density at radius 2 is 2.16 bits per heavy atom. The van der Waals surface area contributed by atoms with Crippen LogP contribution >= 0.6 is 0 Å². The summed E-state index contributed by atoms with van der Waals surface area (Å²) in [5.41, 5.74) is -0.898. The average Bonchev–Trinajstić information content (AvgIpc) is 2.34. The van der Waals surface area contributed by atoms with Crippen LogP contribution in [0.4, 0.5) is 10.1 Å². The Hall–Kier alpha value is -2.49. The zero-order chi connectivity index (χ0) is 14.6. The molecule has 1 amide bonds. The summed E-state index contributed by atoms with van der Waals surface area (Å²) in [4.78, 5) is 21.9. The van der Waals surface area contributed by atoms with Crippen LogP contribution in [-0.2, 0) is 0 Å². The molecule has 0 aliphatic heterocycles. The molecule has 0 aliphatic rings. The molecule has 19 heavy (non-hydrogen) atoms. The van der Waals surface area contributed by atoms with E-state index >= 15 is 0 Å². The first-order valence-corrected chi connectivity index (χ1v) is 5.51. The van der Waals surface area contributed by atoms with Crippen molar-refractivity contribution in [2.45, 2.75) is 19.9 Å². The van der Waals surface area contributed by atoms with Gasteiger partial charge in [-0.2, -0.15) is 5.26 Å². The van der Waals surface area contributed by atoms with E-state index in [1.165, 1.54) is 0 Å². The maximum absolute atomic E-state index is 13.1. The molecule has 100 valence electrons. The summed E-state index contributed by atoms with van der Waals surface area (Å²) in [7, 11) is 0. The van der Waals surface area contributed by atoms with Crippen molar-refractivity contribution < 1.29 is 14.1 Å². The first-order chi connectivity index (χ1) is 8.86. The van der Waals surface area contributed by atoms with Gasteiger partial charge in [-0.25, -0.2) is 4.39 Å². The molecule has 1 aromatic carbocycles. The number of nitrogens with one attached hydrogen (secondary N) is 1. The van der Waals surface area contributed by atoms with E-state index in [-0.39, 0.29) is 5.92 Å². The van der Waals surface area contributed by atoms with E-state index in [1.807, 2.05) is 6.07 Å². The van der Waals surface area contributed by atoms with Crippen LogP contribution < -0.4 is 5.32 Å². The Morgan fingerprint density at radius 3 is 2.63 bits per heavy atom. The van der Waals surface area contributed by atoms with Gasteiger partial charge >= 0.3 is 0 Å². The quantitative estimate of drug-likeness (QED) is 0.665. The highest BCUT2D eigenvalue weighted by Gasteiger charge is 2.24. The number of amides is 1. The molecule has 0 saturated heterocycles. The lowest BCUT2D eigenvalue weighted by molar-refractivity contribution is -0.385. The predicted octanol–water partition coefficient (Wildman–Crippen LogP) is 2.01. The standard InChI is InChI=1S/C12H12FN3O3/c1-7(2)10(6-14)15-12(17)9-5-8(13)3-4-11(9)16(18)19/h3-5,7,10H,1-2H3,(H,15,17). The SMILES string of the molecule is CC(C)C(C#N)NC(=O)c1cc(F)ccc1[N+](=O)[O-]. The molecule has 1 unspecified atom stereocenters. The van der Waals surface area contributed by atoms with Crippen LogP contribution in [0.25, 0.3) is 0 Å². The molecule has 1 aromatic rings. The van der Waals surface area contributed by atoms with Crippen molar-refractivity contribution in [2.75, 3.05) is 0 Å². The third-order valence-electron chi connectivity index (χ3n) is 2.49. The van der Waals surface area contributed by atoms with E-state index in [9.17, 15) is 19.3 Å². The van der Waals surface area contributed by atoms with Gasteiger partial charge in [-0.15, -0.1) is 0 Å². The highest BCUT2D eigenvalue weighted by molar-refractivity contribution is 5.98. The maximum atomic E-state index is 13.1. The Morgan fingerprint density at radius 1 is 1.53 bits per heavy atom. The van der Waals surface area contributed by atoms with Crippen molar-refractivity contribution in [3.8, 4) is 6.07 Å². The van der Waals surface area contributed by atoms with Crippen LogP contribution in [0, 0.1) is 33.2 Å². The van der Waals surface area contributed by atoms with Gasteiger partial charge in [0, 0.05) is 6.07 Å². The molecule has 0 heterocycles. The minimum atomic E-state index is -0.841. The van der Waals surface area contributed by atoms with E-state index in [2.05, 4.69) is 5.32 Å². The van der Waals surface area contributed by atoms with E-state index in [1.54, 1.807) is 13.8 Å². The predicted molar refractivity (Wildman–Crippen MR) is 64.8 cm³/mol. The molecule has 0 aromatic heterocycles. The fourth-order valence-corrected chi connectivity index (χ4v) is 1.42. The largest absolute Gasteiger partial charge is 0.336 e. The monoisotopic (exact) mass is 265 g/mol. The van der Waals surface area contributed by atoms with Crippen LogP contribution in [-0.4, -0.2) is 16.9 Å². The molecular formula is C12H12FN3O3. The van der Waals surface area contributed by atoms with Crippen LogP contribution in [0.15, 0.2) is 18.2 Å². The molecule has 0 spiro atoms. The van der Waals surface area contributed by atoms with Gasteiger partial charge in [0.2, 0.25) is 0 Å². The minimum absolute atomic E-state index is 0.165. The van der Waals surface area contributed by atoms with Crippen LogP contribution in [0.5, 0.6) is 0 Å². The Bertz CT molecular complexity index is 552. The number of nitro benzene ring substituents is 1. The third kappa shape index (κ3) is 3.48. The number of hydrogen-bond donors (Lipinski definition) is 1. The first kappa shape index (κ1) is 14.6. The number of nitrogens with zero attached hydrogens (tertiary/aromatic N) is 2. The number of carbonyl (C=O) groups excluding carboxylic acids is 1. The van der Waals surface area contributed by atoms with E-state index in [0.29, 0.717) is 0 Å². The summed E-state index contributed by atoms with van der Waals surface area (Å²) in [5.74, 6) is -1.76. The molecule has 1 rings (SSSR count). The van der Waals surface area contributed by atoms with Crippen molar-refractivity contribution in [2.24, 2.45) is 5.92 Å². The summed E-state index contributed by atoms with van der Waals surface area (Å²) in [5, 5.41) is 22.0. The first-order valence-electron chi connectivity index (χ1n) is 5.51. The normalized spacial score (nSPS) is 11.7. The summed E-state index contributed by atoms with van der Waals surface area (Å²) < 4.78 is 13.1. The molecule has 0 radical (unpaired) electrons. The van der Waals surface area contributed by atoms with E-state index < -0.39 is 33.9 Å². The topological polar surface area (TPSA) is 96.0 Å². The van der Waals surface area contributed by atoms with Crippen molar-refractivity contribution in [1.29, 1.82) is 5.26 Å². The molecule has 6 nitrogen and oxygen atoms in total. The second-order valence-electron chi connectivity index (χ2n) is 4.24. The number of carbonyl (C=O) groups is 1. The Kier molecular flexibility index (Phi) is 4.53. The molecule has 0 bridgehead atoms. The maximum Gasteiger partial charge on any atom is 0.282 e. The number of nitro groups is 1. The summed E-state index contributed by atoms with van der Waals surface area (Å²) in [6.07, 6.45) is 0. The molecule has 1 atom stereocenters. The van der Waals surface area contributed by atoms with Crippen LogP contribution in [0.2, 0.25) is 0 Å². The zero-order valence-electron chi connectivity index (χ0n) is 10.4. The Labute approximate surface area is 109 Å². The zero-order valence-corrected chi connectivity index (χ0v) is 10.4. The third-order valence-corrected chi connectivity index (χ3v) is 2.49. The second kappa shape index (κ2) is 5.91. The minimum Gasteiger partial charge on any atom is -0.336 e. The lowest BCUT2D eigenvalue weighted by Gasteiger charge is -2.14. The lowest BCUT2D eigenvalue weighted by atomic mass is 10.0. The summed E-state index contributed by atoms with van der Waals surface area (Å²) in [6.45, 7) is 3.43. The highest BCUT2D eigenvalue weighted by atomic mass is 19.1. The van der Waals surface area contributed by atoms with Gasteiger partial charge in [-0.3, -0.25) is 14.9 Å².